The lowest BCUT2D eigenvalue weighted by Gasteiger charge is -2.17. The molecule has 3 heteroatoms. The monoisotopic (exact) mass is 633 g/mol. The molecule has 0 nitrogen and oxygen atoms in total. The van der Waals surface area contributed by atoms with E-state index in [1.165, 1.54) is 205 Å². The number of rotatable bonds is 35. The first-order chi connectivity index (χ1) is 20.0. The van der Waals surface area contributed by atoms with E-state index in [0.29, 0.717) is 5.38 Å². The van der Waals surface area contributed by atoms with E-state index in [2.05, 4.69) is 20.0 Å². The molecule has 0 radical (unpaired) electrons. The molecule has 0 rings (SSSR count). The molecule has 0 aromatic carbocycles. The summed E-state index contributed by atoms with van der Waals surface area (Å²) in [6.07, 6.45) is 47.8. The van der Waals surface area contributed by atoms with Gasteiger partial charge in [-0.1, -0.05) is 225 Å². The third kappa shape index (κ3) is 38.8. The van der Waals surface area contributed by atoms with E-state index >= 15 is 0 Å². The topological polar surface area (TPSA) is 0 Å². The molecule has 0 amide bonds. The Balaban J connectivity index is 3.08. The highest BCUT2D eigenvalue weighted by Gasteiger charge is 2.21. The summed E-state index contributed by atoms with van der Waals surface area (Å²) in [7, 11) is -1.51. The van der Waals surface area contributed by atoms with Crippen molar-refractivity contribution < 1.29 is 0 Å². The standard InChI is InChI=1S/C38H78Cl2Si/c1-4-5-6-7-8-9-10-11-12-13-14-15-16-17-18-19-20-21-22-23-24-25-26-27-28-29-30-31-32-33-34-35-36-38(39)37-41(2,3)40/h38H,4-37H2,1-3H3/t38-/m0/s1. The fourth-order valence-corrected chi connectivity index (χ4v) is 9.74. The summed E-state index contributed by atoms with van der Waals surface area (Å²) in [4.78, 5) is 0. The van der Waals surface area contributed by atoms with Crippen molar-refractivity contribution in [2.75, 3.05) is 0 Å². The summed E-state index contributed by atoms with van der Waals surface area (Å²) in [5.41, 5.74) is 0. The van der Waals surface area contributed by atoms with Crippen LogP contribution in [0.1, 0.15) is 219 Å². The van der Waals surface area contributed by atoms with Gasteiger partial charge in [0.1, 0.15) is 0 Å². The maximum atomic E-state index is 6.44. The van der Waals surface area contributed by atoms with Crippen LogP contribution in [0.4, 0.5) is 0 Å². The van der Waals surface area contributed by atoms with E-state index in [4.69, 9.17) is 22.7 Å². The van der Waals surface area contributed by atoms with Gasteiger partial charge in [-0.15, -0.1) is 11.6 Å². The second-order valence-corrected chi connectivity index (χ2v) is 21.8. The summed E-state index contributed by atoms with van der Waals surface area (Å²) in [6, 6.07) is 1.05. The first kappa shape index (κ1) is 41.8. The molecular weight excluding hydrogens is 555 g/mol. The van der Waals surface area contributed by atoms with Crippen LogP contribution >= 0.6 is 22.7 Å². The second-order valence-electron chi connectivity index (χ2n) is 14.3. The summed E-state index contributed by atoms with van der Waals surface area (Å²) < 4.78 is 0. The Labute approximate surface area is 272 Å². The van der Waals surface area contributed by atoms with E-state index in [9.17, 15) is 0 Å². The summed E-state index contributed by atoms with van der Waals surface area (Å²) >= 11 is 12.8. The van der Waals surface area contributed by atoms with Crippen LogP contribution < -0.4 is 0 Å². The normalized spacial score (nSPS) is 12.8. The zero-order chi connectivity index (χ0) is 30.1. The fraction of sp³-hybridized carbons (Fsp3) is 1.00. The smallest absolute Gasteiger partial charge is 0.151 e. The molecule has 0 saturated heterocycles. The summed E-state index contributed by atoms with van der Waals surface area (Å²) in [5.74, 6) is 0. The molecule has 0 aromatic heterocycles. The molecule has 0 saturated carbocycles. The third-order valence-electron chi connectivity index (χ3n) is 9.08. The Bertz CT molecular complexity index is 475. The van der Waals surface area contributed by atoms with Crippen molar-refractivity contribution >= 4 is 30.1 Å². The van der Waals surface area contributed by atoms with Crippen molar-refractivity contribution in [2.24, 2.45) is 0 Å². The molecule has 0 heterocycles. The predicted molar refractivity (Wildman–Crippen MR) is 196 cm³/mol. The number of halogens is 2. The number of hydrogen-bond donors (Lipinski definition) is 0. The lowest BCUT2D eigenvalue weighted by atomic mass is 10.0. The van der Waals surface area contributed by atoms with Gasteiger partial charge in [0, 0.05) is 5.38 Å². The third-order valence-corrected chi connectivity index (χ3v) is 11.6. The largest absolute Gasteiger partial charge is 0.168 e. The minimum atomic E-state index is -1.51. The lowest BCUT2D eigenvalue weighted by molar-refractivity contribution is 0.511. The Morgan fingerprint density at radius 1 is 0.366 bits per heavy atom. The Hall–Kier alpha value is 0.797. The number of hydrogen-bond acceptors (Lipinski definition) is 0. The predicted octanol–water partition coefficient (Wildman–Crippen LogP) is 15.9. The molecule has 0 aliphatic heterocycles. The zero-order valence-electron chi connectivity index (χ0n) is 28.9. The minimum absolute atomic E-state index is 0.308. The van der Waals surface area contributed by atoms with Crippen molar-refractivity contribution in [1.29, 1.82) is 0 Å². The molecule has 0 bridgehead atoms. The number of alkyl halides is 1. The average molecular weight is 634 g/mol. The van der Waals surface area contributed by atoms with Crippen LogP contribution in [0, 0.1) is 0 Å². The molecule has 0 unspecified atom stereocenters. The van der Waals surface area contributed by atoms with Gasteiger partial charge in [-0.05, 0) is 12.5 Å². The van der Waals surface area contributed by atoms with Gasteiger partial charge in [-0.2, -0.15) is 11.1 Å². The van der Waals surface area contributed by atoms with Crippen molar-refractivity contribution in [3.63, 3.8) is 0 Å². The van der Waals surface area contributed by atoms with Gasteiger partial charge in [-0.3, -0.25) is 0 Å². The first-order valence-corrected chi connectivity index (χ1v) is 23.9. The lowest BCUT2D eigenvalue weighted by Crippen LogP contribution is -2.21. The molecule has 1 atom stereocenters. The maximum absolute atomic E-state index is 6.44. The van der Waals surface area contributed by atoms with Crippen LogP contribution in [0.3, 0.4) is 0 Å². The van der Waals surface area contributed by atoms with Gasteiger partial charge in [0.05, 0.1) is 0 Å². The molecular formula is C38H78Cl2Si. The van der Waals surface area contributed by atoms with Gasteiger partial charge in [0.25, 0.3) is 0 Å². The quantitative estimate of drug-likeness (QED) is 0.0282. The molecule has 0 fully saturated rings. The highest BCUT2D eigenvalue weighted by Crippen LogP contribution is 2.24. The van der Waals surface area contributed by atoms with Crippen LogP contribution in [0.5, 0.6) is 0 Å². The minimum Gasteiger partial charge on any atom is -0.168 e. The zero-order valence-corrected chi connectivity index (χ0v) is 31.4. The molecule has 0 aliphatic carbocycles. The highest BCUT2D eigenvalue weighted by atomic mass is 35.6. The van der Waals surface area contributed by atoms with Crippen LogP contribution in [-0.4, -0.2) is 12.8 Å². The SMILES string of the molecule is CCCCCCCCCCCCCCCCCCCCCCCCCCCCCCCCCC[C@H](Cl)C[Si](C)(C)Cl. The van der Waals surface area contributed by atoms with Crippen molar-refractivity contribution in [1.82, 2.24) is 0 Å². The number of unbranched alkanes of at least 4 members (excludes halogenated alkanes) is 31. The van der Waals surface area contributed by atoms with E-state index in [-0.39, 0.29) is 0 Å². The second kappa shape index (κ2) is 33.7. The van der Waals surface area contributed by atoms with Crippen molar-refractivity contribution in [3.8, 4) is 0 Å². The molecule has 0 N–H and O–H groups in total. The van der Waals surface area contributed by atoms with E-state index in [1.54, 1.807) is 0 Å². The maximum Gasteiger partial charge on any atom is 0.151 e. The van der Waals surface area contributed by atoms with Crippen LogP contribution in [0.25, 0.3) is 0 Å². The van der Waals surface area contributed by atoms with Gasteiger partial charge in [0.2, 0.25) is 0 Å². The molecule has 0 aromatic rings. The Kier molecular flexibility index (Phi) is 34.3. The fourth-order valence-electron chi connectivity index (χ4n) is 6.37. The van der Waals surface area contributed by atoms with Gasteiger partial charge in [-0.25, -0.2) is 0 Å². The molecule has 41 heavy (non-hydrogen) atoms. The summed E-state index contributed by atoms with van der Waals surface area (Å²) in [6.45, 7) is 6.71. The van der Waals surface area contributed by atoms with Gasteiger partial charge >= 0.3 is 0 Å². The van der Waals surface area contributed by atoms with Gasteiger partial charge < -0.3 is 0 Å². The Morgan fingerprint density at radius 3 is 0.756 bits per heavy atom. The first-order valence-electron chi connectivity index (χ1n) is 19.3. The van der Waals surface area contributed by atoms with E-state index in [0.717, 1.165) is 12.5 Å². The molecule has 248 valence electrons. The summed E-state index contributed by atoms with van der Waals surface area (Å²) in [5, 5.41) is 0.308. The van der Waals surface area contributed by atoms with Crippen LogP contribution in [0.15, 0.2) is 0 Å². The average Bonchev–Trinajstić information content (AvgIpc) is 2.92. The van der Waals surface area contributed by atoms with E-state index < -0.39 is 7.38 Å². The van der Waals surface area contributed by atoms with E-state index in [1.807, 2.05) is 0 Å². The highest BCUT2D eigenvalue weighted by molar-refractivity contribution is 7.19. The molecule has 0 spiro atoms. The van der Waals surface area contributed by atoms with Crippen molar-refractivity contribution in [3.05, 3.63) is 0 Å². The Morgan fingerprint density at radius 2 is 0.561 bits per heavy atom. The van der Waals surface area contributed by atoms with Crippen LogP contribution in [0.2, 0.25) is 19.1 Å². The molecule has 0 aliphatic rings. The van der Waals surface area contributed by atoms with Gasteiger partial charge in [0.15, 0.2) is 7.38 Å². The van der Waals surface area contributed by atoms with Crippen molar-refractivity contribution in [2.45, 2.75) is 243 Å². The van der Waals surface area contributed by atoms with Crippen LogP contribution in [-0.2, 0) is 0 Å².